The van der Waals surface area contributed by atoms with Crippen LogP contribution in [0, 0.1) is 0 Å². The minimum atomic E-state index is -0.0640. The maximum absolute atomic E-state index is 6.00. The molecule has 3 heterocycles. The van der Waals surface area contributed by atoms with Gasteiger partial charge in [-0.15, -0.1) is 5.10 Å². The summed E-state index contributed by atoms with van der Waals surface area (Å²) in [4.78, 5) is 6.77. The van der Waals surface area contributed by atoms with Crippen LogP contribution in [0.5, 0.6) is 5.75 Å². The van der Waals surface area contributed by atoms with Crippen LogP contribution in [0.2, 0.25) is 0 Å². The van der Waals surface area contributed by atoms with Gasteiger partial charge in [0, 0.05) is 45.8 Å². The van der Waals surface area contributed by atoms with E-state index in [4.69, 9.17) is 27.4 Å². The summed E-state index contributed by atoms with van der Waals surface area (Å²) in [6.45, 7) is 8.45. The first kappa shape index (κ1) is 22.9. The van der Waals surface area contributed by atoms with Crippen LogP contribution in [0.1, 0.15) is 23.9 Å². The van der Waals surface area contributed by atoms with Crippen molar-refractivity contribution in [2.24, 2.45) is 0 Å². The monoisotopic (exact) mass is 460 g/mol. The Morgan fingerprint density at radius 2 is 2.19 bits per heavy atom. The molecule has 1 aromatic carbocycles. The summed E-state index contributed by atoms with van der Waals surface area (Å²) < 4.78 is 12.9. The maximum Gasteiger partial charge on any atom is 0.225 e. The highest BCUT2D eigenvalue weighted by Crippen LogP contribution is 2.16. The van der Waals surface area contributed by atoms with Crippen molar-refractivity contribution >= 4 is 23.3 Å². The van der Waals surface area contributed by atoms with Crippen molar-refractivity contribution in [3.63, 3.8) is 0 Å². The lowest BCUT2D eigenvalue weighted by Crippen LogP contribution is -2.42. The fourth-order valence-electron chi connectivity index (χ4n) is 3.76. The Hall–Kier alpha value is -2.31. The number of nitrogens with one attached hydrogen (secondary N) is 3. The summed E-state index contributed by atoms with van der Waals surface area (Å²) in [5.41, 5.74) is 7.28. The Morgan fingerprint density at radius 3 is 3.00 bits per heavy atom. The van der Waals surface area contributed by atoms with Crippen molar-refractivity contribution in [1.82, 2.24) is 35.6 Å². The average Bonchev–Trinajstić information content (AvgIpc) is 3.22. The van der Waals surface area contributed by atoms with E-state index in [2.05, 4.69) is 49.1 Å². The molecular weight excluding hydrogens is 428 g/mol. The SMILES string of the molecule is Nc1nc(C2COCCN2)nn1C(=S)NCCCOc1cccc(CN2CCNCC2)c1. The van der Waals surface area contributed by atoms with E-state index in [9.17, 15) is 0 Å². The van der Waals surface area contributed by atoms with E-state index in [0.29, 0.717) is 37.3 Å². The minimum absolute atomic E-state index is 0.0640. The molecular formula is C21H32N8O2S. The van der Waals surface area contributed by atoms with Gasteiger partial charge in [-0.3, -0.25) is 4.90 Å². The second kappa shape index (κ2) is 11.5. The lowest BCUT2D eigenvalue weighted by atomic mass is 10.2. The Morgan fingerprint density at radius 1 is 1.31 bits per heavy atom. The Balaban J connectivity index is 1.18. The van der Waals surface area contributed by atoms with Crippen LogP contribution >= 0.6 is 12.2 Å². The average molecular weight is 461 g/mol. The highest BCUT2D eigenvalue weighted by atomic mass is 32.1. The van der Waals surface area contributed by atoms with Crippen molar-refractivity contribution < 1.29 is 9.47 Å². The first-order chi connectivity index (χ1) is 15.7. The summed E-state index contributed by atoms with van der Waals surface area (Å²) in [6.07, 6.45) is 0.793. The molecule has 10 nitrogen and oxygen atoms in total. The van der Waals surface area contributed by atoms with E-state index in [-0.39, 0.29) is 12.0 Å². The van der Waals surface area contributed by atoms with Gasteiger partial charge in [0.2, 0.25) is 5.95 Å². The number of hydrogen-bond donors (Lipinski definition) is 4. The van der Waals surface area contributed by atoms with Gasteiger partial charge >= 0.3 is 0 Å². The van der Waals surface area contributed by atoms with Gasteiger partial charge in [0.1, 0.15) is 5.75 Å². The molecule has 2 aromatic rings. The molecule has 2 saturated heterocycles. The van der Waals surface area contributed by atoms with Gasteiger partial charge in [-0.1, -0.05) is 12.1 Å². The molecule has 1 unspecified atom stereocenters. The number of nitrogen functional groups attached to an aromatic ring is 1. The van der Waals surface area contributed by atoms with E-state index in [1.807, 2.05) is 6.07 Å². The Kier molecular flexibility index (Phi) is 8.24. The van der Waals surface area contributed by atoms with Crippen molar-refractivity contribution in [1.29, 1.82) is 0 Å². The Labute approximate surface area is 193 Å². The zero-order valence-electron chi connectivity index (χ0n) is 18.3. The molecule has 1 atom stereocenters. The number of aromatic nitrogens is 3. The lowest BCUT2D eigenvalue weighted by Gasteiger charge is -2.27. The maximum atomic E-state index is 6.00. The number of nitrogens with zero attached hydrogens (tertiary/aromatic N) is 4. The largest absolute Gasteiger partial charge is 0.494 e. The molecule has 5 N–H and O–H groups in total. The first-order valence-corrected chi connectivity index (χ1v) is 11.6. The highest BCUT2D eigenvalue weighted by molar-refractivity contribution is 7.80. The van der Waals surface area contributed by atoms with Crippen molar-refractivity contribution in [3.8, 4) is 5.75 Å². The summed E-state index contributed by atoms with van der Waals surface area (Å²) in [5, 5.41) is 14.7. The van der Waals surface area contributed by atoms with E-state index >= 15 is 0 Å². The summed E-state index contributed by atoms with van der Waals surface area (Å²) in [6, 6.07) is 8.27. The van der Waals surface area contributed by atoms with Crippen molar-refractivity contribution in [2.75, 3.05) is 64.8 Å². The van der Waals surface area contributed by atoms with Gasteiger partial charge in [0.25, 0.3) is 0 Å². The molecule has 174 valence electrons. The Bertz CT molecular complexity index is 880. The van der Waals surface area contributed by atoms with Crippen molar-refractivity contribution in [3.05, 3.63) is 35.7 Å². The molecule has 2 aliphatic rings. The number of benzene rings is 1. The van der Waals surface area contributed by atoms with Crippen LogP contribution in [-0.4, -0.2) is 83.9 Å². The molecule has 0 bridgehead atoms. The fraction of sp³-hybridized carbons (Fsp3) is 0.571. The van der Waals surface area contributed by atoms with E-state index in [0.717, 1.165) is 51.4 Å². The number of morpholine rings is 1. The second-order valence-electron chi connectivity index (χ2n) is 7.93. The van der Waals surface area contributed by atoms with Gasteiger partial charge in [0.15, 0.2) is 10.9 Å². The molecule has 0 spiro atoms. The van der Waals surface area contributed by atoms with Gasteiger partial charge in [-0.25, -0.2) is 0 Å². The molecule has 11 heteroatoms. The van der Waals surface area contributed by atoms with Gasteiger partial charge < -0.3 is 31.2 Å². The van der Waals surface area contributed by atoms with Crippen LogP contribution in [-0.2, 0) is 11.3 Å². The molecule has 32 heavy (non-hydrogen) atoms. The highest BCUT2D eigenvalue weighted by Gasteiger charge is 2.22. The number of ether oxygens (including phenoxy) is 2. The minimum Gasteiger partial charge on any atom is -0.494 e. The van der Waals surface area contributed by atoms with E-state index in [1.165, 1.54) is 10.2 Å². The summed E-state index contributed by atoms with van der Waals surface area (Å²) >= 11 is 5.43. The van der Waals surface area contributed by atoms with Crippen LogP contribution in [0.15, 0.2) is 24.3 Å². The summed E-state index contributed by atoms with van der Waals surface area (Å²) in [5.74, 6) is 1.75. The number of hydrogen-bond acceptors (Lipinski definition) is 9. The molecule has 2 aliphatic heterocycles. The molecule has 0 aliphatic carbocycles. The molecule has 2 fully saturated rings. The molecule has 1 aromatic heterocycles. The number of rotatable bonds is 8. The number of nitrogens with two attached hydrogens (primary N) is 1. The van der Waals surface area contributed by atoms with E-state index < -0.39 is 0 Å². The predicted molar refractivity (Wildman–Crippen MR) is 127 cm³/mol. The zero-order valence-corrected chi connectivity index (χ0v) is 19.1. The molecule has 4 rings (SSSR count). The normalized spacial score (nSPS) is 19.6. The zero-order chi connectivity index (χ0) is 22.2. The fourth-order valence-corrected chi connectivity index (χ4v) is 4.00. The topological polar surface area (TPSA) is 115 Å². The number of anilines is 1. The standard InChI is InChI=1S/C21H32N8O2S/c22-20-26-19(18-15-30-12-8-24-18)27-29(20)21(32)25-5-2-11-31-17-4-1-3-16(13-17)14-28-9-6-23-7-10-28/h1,3-4,13,18,23-24H,2,5-12,14-15H2,(H,25,32)(H2,22,26,27). The van der Waals surface area contributed by atoms with Crippen LogP contribution in [0.3, 0.4) is 0 Å². The number of piperazine rings is 1. The van der Waals surface area contributed by atoms with Crippen LogP contribution < -0.4 is 26.4 Å². The molecule has 0 saturated carbocycles. The predicted octanol–water partition coefficient (Wildman–Crippen LogP) is 0.118. The van der Waals surface area contributed by atoms with Gasteiger partial charge in [-0.2, -0.15) is 9.67 Å². The summed E-state index contributed by atoms with van der Waals surface area (Å²) in [7, 11) is 0. The first-order valence-electron chi connectivity index (χ1n) is 11.2. The van der Waals surface area contributed by atoms with Gasteiger partial charge in [-0.05, 0) is 36.3 Å². The van der Waals surface area contributed by atoms with E-state index in [1.54, 1.807) is 0 Å². The lowest BCUT2D eigenvalue weighted by molar-refractivity contribution is 0.0743. The third-order valence-electron chi connectivity index (χ3n) is 5.45. The quantitative estimate of drug-likeness (QED) is 0.320. The third-order valence-corrected chi connectivity index (χ3v) is 5.77. The molecule has 0 amide bonds. The van der Waals surface area contributed by atoms with Crippen LogP contribution in [0.4, 0.5) is 5.95 Å². The van der Waals surface area contributed by atoms with Crippen molar-refractivity contribution in [2.45, 2.75) is 19.0 Å². The number of thiocarbonyl (C=S) groups is 1. The van der Waals surface area contributed by atoms with Crippen LogP contribution in [0.25, 0.3) is 0 Å². The van der Waals surface area contributed by atoms with Gasteiger partial charge in [0.05, 0.1) is 25.9 Å². The third kappa shape index (κ3) is 6.36. The smallest absolute Gasteiger partial charge is 0.225 e. The molecule has 0 radical (unpaired) electrons. The second-order valence-corrected chi connectivity index (χ2v) is 8.32.